The van der Waals surface area contributed by atoms with Crippen molar-refractivity contribution in [1.82, 2.24) is 9.80 Å². The van der Waals surface area contributed by atoms with Crippen molar-refractivity contribution in [3.8, 4) is 0 Å². The van der Waals surface area contributed by atoms with Crippen LogP contribution in [0.5, 0.6) is 0 Å². The van der Waals surface area contributed by atoms with Gasteiger partial charge in [0.1, 0.15) is 5.82 Å². The number of halogens is 1. The smallest absolute Gasteiger partial charge is 0.253 e. The first kappa shape index (κ1) is 15.4. The maximum absolute atomic E-state index is 12.9. The topological polar surface area (TPSA) is 66.6 Å². The van der Waals surface area contributed by atoms with Crippen LogP contribution in [0.1, 0.15) is 23.2 Å². The third-order valence-electron chi connectivity index (χ3n) is 3.61. The van der Waals surface area contributed by atoms with Crippen molar-refractivity contribution < 1.29 is 14.0 Å². The molecule has 1 heterocycles. The minimum Gasteiger partial charge on any atom is -0.339 e. The van der Waals surface area contributed by atoms with Gasteiger partial charge in [-0.2, -0.15) is 0 Å². The highest BCUT2D eigenvalue weighted by atomic mass is 19.1. The number of hydrogen-bond donors (Lipinski definition) is 1. The molecule has 0 bridgehead atoms. The van der Waals surface area contributed by atoms with Crippen LogP contribution in [-0.4, -0.2) is 54.3 Å². The minimum absolute atomic E-state index is 0.0920. The Hall–Kier alpha value is -1.95. The Kier molecular flexibility index (Phi) is 5.27. The Balaban J connectivity index is 1.87. The summed E-state index contributed by atoms with van der Waals surface area (Å²) in [6.07, 6.45) is 1.15. The number of carbonyl (C=O) groups excluding carboxylic acids is 2. The molecule has 0 aromatic heterocycles. The van der Waals surface area contributed by atoms with Gasteiger partial charge < -0.3 is 15.5 Å². The molecule has 0 unspecified atom stereocenters. The molecule has 0 radical (unpaired) electrons. The number of benzene rings is 1. The molecule has 21 heavy (non-hydrogen) atoms. The van der Waals surface area contributed by atoms with Crippen LogP contribution in [0.2, 0.25) is 0 Å². The number of nitrogens with two attached hydrogens (primary N) is 1. The molecular formula is C15H20FN3O2. The summed E-state index contributed by atoms with van der Waals surface area (Å²) >= 11 is 0. The maximum atomic E-state index is 12.9. The summed E-state index contributed by atoms with van der Waals surface area (Å²) in [4.78, 5) is 27.6. The first-order valence-corrected chi connectivity index (χ1v) is 7.14. The Morgan fingerprint density at radius 1 is 1.05 bits per heavy atom. The van der Waals surface area contributed by atoms with Crippen LogP contribution in [0.15, 0.2) is 24.3 Å². The van der Waals surface area contributed by atoms with Crippen LogP contribution in [0.25, 0.3) is 0 Å². The molecular weight excluding hydrogens is 273 g/mol. The van der Waals surface area contributed by atoms with Gasteiger partial charge in [0.05, 0.1) is 0 Å². The largest absolute Gasteiger partial charge is 0.339 e. The molecule has 1 aliphatic rings. The normalized spacial score (nSPS) is 15.1. The quantitative estimate of drug-likeness (QED) is 0.895. The van der Waals surface area contributed by atoms with Crippen LogP contribution in [-0.2, 0) is 4.79 Å². The van der Waals surface area contributed by atoms with Gasteiger partial charge in [-0.3, -0.25) is 9.59 Å². The maximum Gasteiger partial charge on any atom is 0.253 e. The third kappa shape index (κ3) is 4.01. The van der Waals surface area contributed by atoms with E-state index in [2.05, 4.69) is 0 Å². The molecule has 0 aliphatic carbocycles. The first-order chi connectivity index (χ1) is 10.1. The fourth-order valence-corrected chi connectivity index (χ4v) is 2.35. The van der Waals surface area contributed by atoms with E-state index < -0.39 is 0 Å². The highest BCUT2D eigenvalue weighted by molar-refractivity contribution is 5.94. The SMILES string of the molecule is NCCCC(=O)N1CCN(C(=O)c2ccc(F)cc2)CC1. The van der Waals surface area contributed by atoms with Crippen molar-refractivity contribution in [2.45, 2.75) is 12.8 Å². The van der Waals surface area contributed by atoms with Gasteiger partial charge in [-0.25, -0.2) is 4.39 Å². The summed E-state index contributed by atoms with van der Waals surface area (Å²) in [6.45, 7) is 2.59. The summed E-state index contributed by atoms with van der Waals surface area (Å²) in [6, 6.07) is 5.52. The minimum atomic E-state index is -0.359. The van der Waals surface area contributed by atoms with Crippen LogP contribution in [0.4, 0.5) is 4.39 Å². The van der Waals surface area contributed by atoms with E-state index in [-0.39, 0.29) is 17.6 Å². The standard InChI is InChI=1S/C15H20FN3O2/c16-13-5-3-12(4-6-13)15(21)19-10-8-18(9-11-19)14(20)2-1-7-17/h3-6H,1-2,7-11,17H2. The van der Waals surface area contributed by atoms with E-state index in [0.29, 0.717) is 51.1 Å². The molecule has 114 valence electrons. The second-order valence-corrected chi connectivity index (χ2v) is 5.07. The Morgan fingerprint density at radius 2 is 1.62 bits per heavy atom. The van der Waals surface area contributed by atoms with E-state index in [9.17, 15) is 14.0 Å². The fourth-order valence-electron chi connectivity index (χ4n) is 2.35. The molecule has 1 saturated heterocycles. The molecule has 2 rings (SSSR count). The Labute approximate surface area is 123 Å². The van der Waals surface area contributed by atoms with Gasteiger partial charge >= 0.3 is 0 Å². The molecule has 0 atom stereocenters. The molecule has 2 N–H and O–H groups in total. The van der Waals surface area contributed by atoms with Crippen molar-refractivity contribution in [3.05, 3.63) is 35.6 Å². The number of rotatable bonds is 4. The van der Waals surface area contributed by atoms with Crippen LogP contribution in [0.3, 0.4) is 0 Å². The van der Waals surface area contributed by atoms with E-state index in [0.717, 1.165) is 0 Å². The molecule has 2 amide bonds. The zero-order valence-electron chi connectivity index (χ0n) is 11.9. The number of amides is 2. The molecule has 1 aliphatic heterocycles. The van der Waals surface area contributed by atoms with E-state index in [1.807, 2.05) is 0 Å². The van der Waals surface area contributed by atoms with Gasteiger partial charge in [0.15, 0.2) is 0 Å². The fraction of sp³-hybridized carbons (Fsp3) is 0.467. The number of nitrogens with zero attached hydrogens (tertiary/aromatic N) is 2. The van der Waals surface area contributed by atoms with E-state index in [4.69, 9.17) is 5.73 Å². The van der Waals surface area contributed by atoms with Gasteiger partial charge in [-0.1, -0.05) is 0 Å². The van der Waals surface area contributed by atoms with Crippen LogP contribution >= 0.6 is 0 Å². The molecule has 0 saturated carbocycles. The number of carbonyl (C=O) groups is 2. The molecule has 6 heteroatoms. The lowest BCUT2D eigenvalue weighted by Gasteiger charge is -2.35. The summed E-state index contributed by atoms with van der Waals surface area (Å²) < 4.78 is 12.9. The highest BCUT2D eigenvalue weighted by Gasteiger charge is 2.24. The average Bonchev–Trinajstić information content (AvgIpc) is 2.53. The van der Waals surface area contributed by atoms with Gasteiger partial charge in [0.25, 0.3) is 5.91 Å². The van der Waals surface area contributed by atoms with Crippen molar-refractivity contribution in [2.75, 3.05) is 32.7 Å². The van der Waals surface area contributed by atoms with Crippen molar-refractivity contribution in [1.29, 1.82) is 0 Å². The van der Waals surface area contributed by atoms with E-state index >= 15 is 0 Å². The zero-order valence-corrected chi connectivity index (χ0v) is 11.9. The Bertz CT molecular complexity index is 496. The first-order valence-electron chi connectivity index (χ1n) is 7.14. The summed E-state index contributed by atoms with van der Waals surface area (Å²) in [5.74, 6) is -0.389. The van der Waals surface area contributed by atoms with Crippen molar-refractivity contribution >= 4 is 11.8 Å². The van der Waals surface area contributed by atoms with Gasteiger partial charge in [0.2, 0.25) is 5.91 Å². The van der Waals surface area contributed by atoms with Gasteiger partial charge in [-0.15, -0.1) is 0 Å². The second kappa shape index (κ2) is 7.17. The van der Waals surface area contributed by atoms with Crippen LogP contribution < -0.4 is 5.73 Å². The zero-order chi connectivity index (χ0) is 15.2. The lowest BCUT2D eigenvalue weighted by atomic mass is 10.1. The van der Waals surface area contributed by atoms with Crippen molar-refractivity contribution in [3.63, 3.8) is 0 Å². The molecule has 1 aromatic rings. The average molecular weight is 293 g/mol. The molecule has 1 fully saturated rings. The van der Waals surface area contributed by atoms with E-state index in [1.165, 1.54) is 24.3 Å². The monoisotopic (exact) mass is 293 g/mol. The molecule has 5 nitrogen and oxygen atoms in total. The predicted molar refractivity (Wildman–Crippen MR) is 77.2 cm³/mol. The third-order valence-corrected chi connectivity index (χ3v) is 3.61. The predicted octanol–water partition coefficient (Wildman–Crippen LogP) is 0.849. The molecule has 0 spiro atoms. The van der Waals surface area contributed by atoms with Crippen LogP contribution in [0, 0.1) is 5.82 Å². The number of hydrogen-bond acceptors (Lipinski definition) is 3. The van der Waals surface area contributed by atoms with Gasteiger partial charge in [0, 0.05) is 38.2 Å². The van der Waals surface area contributed by atoms with E-state index in [1.54, 1.807) is 9.80 Å². The summed E-state index contributed by atoms with van der Waals surface area (Å²) in [5.41, 5.74) is 5.86. The Morgan fingerprint density at radius 3 is 2.19 bits per heavy atom. The van der Waals surface area contributed by atoms with Crippen molar-refractivity contribution in [2.24, 2.45) is 5.73 Å². The summed E-state index contributed by atoms with van der Waals surface area (Å²) in [7, 11) is 0. The lowest BCUT2D eigenvalue weighted by molar-refractivity contribution is -0.132. The molecule has 1 aromatic carbocycles. The summed E-state index contributed by atoms with van der Waals surface area (Å²) in [5, 5.41) is 0. The lowest BCUT2D eigenvalue weighted by Crippen LogP contribution is -2.50. The van der Waals surface area contributed by atoms with Gasteiger partial charge in [-0.05, 0) is 37.2 Å². The second-order valence-electron chi connectivity index (χ2n) is 5.07. The number of piperazine rings is 1. The highest BCUT2D eigenvalue weighted by Crippen LogP contribution is 2.11.